The third-order valence-electron chi connectivity index (χ3n) is 6.04. The van der Waals surface area contributed by atoms with Gasteiger partial charge in [0.1, 0.15) is 9.84 Å². The summed E-state index contributed by atoms with van der Waals surface area (Å²) >= 11 is 0. The molecule has 2 aromatic heterocycles. The Hall–Kier alpha value is -1.40. The third kappa shape index (κ3) is 2.89. The van der Waals surface area contributed by atoms with Gasteiger partial charge in [-0.1, -0.05) is 20.3 Å². The van der Waals surface area contributed by atoms with Gasteiger partial charge in [-0.2, -0.15) is 0 Å². The van der Waals surface area contributed by atoms with Gasteiger partial charge < -0.3 is 4.98 Å². The number of H-pyrrole nitrogens is 1. The van der Waals surface area contributed by atoms with Gasteiger partial charge in [0.25, 0.3) is 0 Å². The summed E-state index contributed by atoms with van der Waals surface area (Å²) in [5, 5.41) is 0. The lowest BCUT2D eigenvalue weighted by atomic mass is 9.57. The van der Waals surface area contributed by atoms with Crippen LogP contribution in [0.5, 0.6) is 0 Å². The van der Waals surface area contributed by atoms with Crippen molar-refractivity contribution in [3.63, 3.8) is 0 Å². The highest BCUT2D eigenvalue weighted by Gasteiger charge is 2.56. The van der Waals surface area contributed by atoms with Gasteiger partial charge in [0, 0.05) is 31.0 Å². The number of pyridine rings is 1. The molecule has 1 saturated heterocycles. The minimum Gasteiger partial charge on any atom is -0.360 e. The molecule has 1 N–H and O–H groups in total. The standard InChI is InChI=1S/C19H27N3O2S/c1-13(2)14-11-20-15-5-6-16(21-17(14)15)18-19(7-4-8-19)12-22(18)9-10-25(3,23)24/h5-6,11,13,18,20H,4,7-10,12H2,1-3H3. The van der Waals surface area contributed by atoms with Gasteiger partial charge in [0.05, 0.1) is 28.5 Å². The van der Waals surface area contributed by atoms with Crippen molar-refractivity contribution in [1.82, 2.24) is 14.9 Å². The Morgan fingerprint density at radius 2 is 2.12 bits per heavy atom. The molecule has 0 radical (unpaired) electrons. The maximum atomic E-state index is 11.6. The molecular formula is C19H27N3O2S. The Morgan fingerprint density at radius 3 is 2.72 bits per heavy atom. The largest absolute Gasteiger partial charge is 0.360 e. The van der Waals surface area contributed by atoms with E-state index in [9.17, 15) is 8.42 Å². The predicted octanol–water partition coefficient (Wildman–Crippen LogP) is 3.26. The van der Waals surface area contributed by atoms with Crippen LogP contribution >= 0.6 is 0 Å². The van der Waals surface area contributed by atoms with Crippen LogP contribution in [-0.2, 0) is 9.84 Å². The van der Waals surface area contributed by atoms with Crippen molar-refractivity contribution in [2.24, 2.45) is 5.41 Å². The van der Waals surface area contributed by atoms with E-state index in [-0.39, 0.29) is 11.8 Å². The second-order valence-corrected chi connectivity index (χ2v) is 10.5. The van der Waals surface area contributed by atoms with Crippen LogP contribution in [-0.4, -0.2) is 48.4 Å². The summed E-state index contributed by atoms with van der Waals surface area (Å²) in [4.78, 5) is 10.7. The van der Waals surface area contributed by atoms with Crippen LogP contribution in [0.15, 0.2) is 18.3 Å². The van der Waals surface area contributed by atoms with Gasteiger partial charge in [-0.15, -0.1) is 0 Å². The van der Waals surface area contributed by atoms with Gasteiger partial charge >= 0.3 is 0 Å². The first-order chi connectivity index (χ1) is 11.8. The number of sulfone groups is 1. The number of hydrogen-bond donors (Lipinski definition) is 1. The molecule has 1 spiro atoms. The molecule has 1 aliphatic heterocycles. The minimum absolute atomic E-state index is 0.225. The Morgan fingerprint density at radius 1 is 1.36 bits per heavy atom. The molecule has 6 heteroatoms. The number of aromatic amines is 1. The number of likely N-dealkylation sites (tertiary alicyclic amines) is 1. The highest BCUT2D eigenvalue weighted by atomic mass is 32.2. The maximum Gasteiger partial charge on any atom is 0.148 e. The molecular weight excluding hydrogens is 334 g/mol. The number of rotatable bonds is 5. The molecule has 5 nitrogen and oxygen atoms in total. The molecule has 2 aliphatic rings. The van der Waals surface area contributed by atoms with E-state index in [1.807, 2.05) is 0 Å². The molecule has 1 saturated carbocycles. The Kier molecular flexibility index (Phi) is 3.96. The van der Waals surface area contributed by atoms with Gasteiger partial charge in [0.15, 0.2) is 0 Å². The Balaban J connectivity index is 1.67. The quantitative estimate of drug-likeness (QED) is 0.888. The van der Waals surface area contributed by atoms with Crippen molar-refractivity contribution in [3.05, 3.63) is 29.6 Å². The number of fused-ring (bicyclic) bond motifs is 1. The average Bonchev–Trinajstić information content (AvgIpc) is 2.86. The summed E-state index contributed by atoms with van der Waals surface area (Å²) in [6.07, 6.45) is 7.13. The maximum absolute atomic E-state index is 11.6. The lowest BCUT2D eigenvalue weighted by molar-refractivity contribution is -0.127. The van der Waals surface area contributed by atoms with Crippen molar-refractivity contribution in [2.45, 2.75) is 45.1 Å². The van der Waals surface area contributed by atoms with Crippen LogP contribution in [0.25, 0.3) is 11.0 Å². The Labute approximate surface area is 149 Å². The first kappa shape index (κ1) is 17.0. The molecule has 2 aromatic rings. The molecule has 0 bridgehead atoms. The molecule has 4 rings (SSSR count). The third-order valence-corrected chi connectivity index (χ3v) is 6.96. The SMILES string of the molecule is CC(C)c1c[nH]c2ccc(C3N(CCS(C)(=O)=O)CC34CCC4)nc12. The van der Waals surface area contributed by atoms with Crippen LogP contribution in [0.3, 0.4) is 0 Å². The summed E-state index contributed by atoms with van der Waals surface area (Å²) in [7, 11) is -2.94. The minimum atomic E-state index is -2.94. The van der Waals surface area contributed by atoms with E-state index in [0.717, 1.165) is 23.3 Å². The van der Waals surface area contributed by atoms with E-state index in [1.54, 1.807) is 0 Å². The molecule has 1 atom stereocenters. The van der Waals surface area contributed by atoms with Gasteiger partial charge in [-0.05, 0) is 36.5 Å². The summed E-state index contributed by atoms with van der Waals surface area (Å²) in [5.41, 5.74) is 4.83. The number of nitrogens with one attached hydrogen (secondary N) is 1. The van der Waals surface area contributed by atoms with Crippen LogP contribution < -0.4 is 0 Å². The number of nitrogens with zero attached hydrogens (tertiary/aromatic N) is 2. The molecule has 1 aliphatic carbocycles. The van der Waals surface area contributed by atoms with Crippen molar-refractivity contribution in [1.29, 1.82) is 0 Å². The van der Waals surface area contributed by atoms with E-state index in [4.69, 9.17) is 4.98 Å². The lowest BCUT2D eigenvalue weighted by Gasteiger charge is -2.62. The molecule has 136 valence electrons. The van der Waals surface area contributed by atoms with E-state index >= 15 is 0 Å². The van der Waals surface area contributed by atoms with E-state index in [2.05, 4.69) is 42.1 Å². The summed E-state index contributed by atoms with van der Waals surface area (Å²) in [6.45, 7) is 5.99. The zero-order chi connectivity index (χ0) is 17.8. The van der Waals surface area contributed by atoms with Crippen molar-refractivity contribution in [3.8, 4) is 0 Å². The Bertz CT molecular complexity index is 897. The zero-order valence-corrected chi connectivity index (χ0v) is 16.1. The second kappa shape index (κ2) is 5.81. The first-order valence-corrected chi connectivity index (χ1v) is 11.2. The summed E-state index contributed by atoms with van der Waals surface area (Å²) < 4.78 is 23.2. The normalized spacial score (nSPS) is 23.1. The highest BCUT2D eigenvalue weighted by Crippen LogP contribution is 2.60. The fraction of sp³-hybridized carbons (Fsp3) is 0.632. The van der Waals surface area contributed by atoms with E-state index < -0.39 is 9.84 Å². The monoisotopic (exact) mass is 361 g/mol. The fourth-order valence-corrected chi connectivity index (χ4v) is 5.10. The van der Waals surface area contributed by atoms with Gasteiger partial charge in [0.2, 0.25) is 0 Å². The van der Waals surface area contributed by atoms with Crippen LogP contribution in [0, 0.1) is 5.41 Å². The van der Waals surface area contributed by atoms with Crippen molar-refractivity contribution < 1.29 is 8.42 Å². The van der Waals surface area contributed by atoms with Gasteiger partial charge in [-0.3, -0.25) is 4.90 Å². The van der Waals surface area contributed by atoms with E-state index in [0.29, 0.717) is 17.9 Å². The topological polar surface area (TPSA) is 66.1 Å². The summed E-state index contributed by atoms with van der Waals surface area (Å²) in [6, 6.07) is 4.52. The molecule has 1 unspecified atom stereocenters. The fourth-order valence-electron chi connectivity index (χ4n) is 4.54. The molecule has 2 fully saturated rings. The molecule has 0 aromatic carbocycles. The van der Waals surface area contributed by atoms with Crippen molar-refractivity contribution in [2.75, 3.05) is 25.1 Å². The molecule has 25 heavy (non-hydrogen) atoms. The van der Waals surface area contributed by atoms with Crippen LogP contribution in [0.4, 0.5) is 0 Å². The predicted molar refractivity (Wildman–Crippen MR) is 100 cm³/mol. The second-order valence-electron chi connectivity index (χ2n) is 8.25. The van der Waals surface area contributed by atoms with Gasteiger partial charge in [-0.25, -0.2) is 13.4 Å². The van der Waals surface area contributed by atoms with Crippen LogP contribution in [0.1, 0.15) is 56.3 Å². The average molecular weight is 362 g/mol. The number of aromatic nitrogens is 2. The smallest absolute Gasteiger partial charge is 0.148 e. The molecule has 0 amide bonds. The summed E-state index contributed by atoms with van der Waals surface area (Å²) in [5.74, 6) is 0.653. The van der Waals surface area contributed by atoms with Crippen LogP contribution in [0.2, 0.25) is 0 Å². The van der Waals surface area contributed by atoms with Crippen molar-refractivity contribution >= 4 is 20.9 Å². The lowest BCUT2D eigenvalue weighted by Crippen LogP contribution is -2.62. The highest BCUT2D eigenvalue weighted by molar-refractivity contribution is 7.90. The zero-order valence-electron chi connectivity index (χ0n) is 15.2. The first-order valence-electron chi connectivity index (χ1n) is 9.19. The molecule has 3 heterocycles. The number of hydrogen-bond acceptors (Lipinski definition) is 4. The van der Waals surface area contributed by atoms with E-state index in [1.165, 1.54) is 31.1 Å².